The van der Waals surface area contributed by atoms with Crippen LogP contribution in [0.1, 0.15) is 38.3 Å². The first-order valence-corrected chi connectivity index (χ1v) is 14.9. The van der Waals surface area contributed by atoms with Gasteiger partial charge in [-0.15, -0.1) is 0 Å². The Kier molecular flexibility index (Phi) is 6.68. The lowest BCUT2D eigenvalue weighted by Crippen LogP contribution is -2.26. The third kappa shape index (κ3) is 4.72. The average molecular weight is 577 g/mol. The lowest BCUT2D eigenvalue weighted by atomic mass is 10.1. The second-order valence-electron chi connectivity index (χ2n) is 11.2. The topological polar surface area (TPSA) is 126 Å². The van der Waals surface area contributed by atoms with E-state index in [4.69, 9.17) is 10.1 Å². The Morgan fingerprint density at radius 1 is 0.930 bits per heavy atom. The molecular formula is C33H32N6O4. The van der Waals surface area contributed by atoms with E-state index in [2.05, 4.69) is 68.5 Å². The van der Waals surface area contributed by atoms with Gasteiger partial charge in [-0.2, -0.15) is 0 Å². The SMILES string of the molecule is CCn1c2ccccc2c2cc(-c3nc4cc5[nH]c(=O)c(CCC(=O)O)nc5cc4n3CCCN3CCCC3=O)ccc21. The number of amides is 1. The maximum absolute atomic E-state index is 12.7. The molecule has 1 aliphatic rings. The molecule has 0 unspecified atom stereocenters. The predicted molar refractivity (Wildman–Crippen MR) is 166 cm³/mol. The molecule has 0 radical (unpaired) electrons. The number of rotatable bonds is 9. The Balaban J connectivity index is 1.37. The van der Waals surface area contributed by atoms with E-state index in [1.807, 2.05) is 17.0 Å². The number of para-hydroxylation sites is 1. The number of aliphatic carboxylic acids is 1. The number of aryl methyl sites for hydroxylation is 3. The van der Waals surface area contributed by atoms with Crippen molar-refractivity contribution >= 4 is 55.7 Å². The van der Waals surface area contributed by atoms with E-state index < -0.39 is 5.97 Å². The molecule has 3 aromatic heterocycles. The Morgan fingerprint density at radius 2 is 1.77 bits per heavy atom. The minimum atomic E-state index is -0.977. The van der Waals surface area contributed by atoms with Crippen LogP contribution in [0.2, 0.25) is 0 Å². The summed E-state index contributed by atoms with van der Waals surface area (Å²) in [7, 11) is 0. The van der Waals surface area contributed by atoms with Crippen molar-refractivity contribution in [2.24, 2.45) is 0 Å². The Morgan fingerprint density at radius 3 is 2.56 bits per heavy atom. The summed E-state index contributed by atoms with van der Waals surface area (Å²) in [6.45, 7) is 5.14. The highest BCUT2D eigenvalue weighted by Gasteiger charge is 2.21. The number of likely N-dealkylation sites (tertiary alicyclic amines) is 1. The first-order chi connectivity index (χ1) is 20.9. The molecule has 7 rings (SSSR count). The minimum absolute atomic E-state index is 0.0540. The van der Waals surface area contributed by atoms with Crippen LogP contribution in [0.25, 0.3) is 55.3 Å². The molecule has 1 aliphatic heterocycles. The number of carbonyl (C=O) groups excluding carboxylic acids is 1. The smallest absolute Gasteiger partial charge is 0.303 e. The maximum atomic E-state index is 12.7. The van der Waals surface area contributed by atoms with Crippen LogP contribution < -0.4 is 5.56 Å². The van der Waals surface area contributed by atoms with Crippen molar-refractivity contribution < 1.29 is 14.7 Å². The van der Waals surface area contributed by atoms with Gasteiger partial charge in [0.05, 0.1) is 28.5 Å². The van der Waals surface area contributed by atoms with Gasteiger partial charge in [0.1, 0.15) is 11.5 Å². The number of imidazole rings is 1. The van der Waals surface area contributed by atoms with Crippen LogP contribution in [0.4, 0.5) is 0 Å². The summed E-state index contributed by atoms with van der Waals surface area (Å²) < 4.78 is 4.50. The number of fused-ring (bicyclic) bond motifs is 5. The van der Waals surface area contributed by atoms with E-state index in [-0.39, 0.29) is 30.0 Å². The predicted octanol–water partition coefficient (Wildman–Crippen LogP) is 5.10. The van der Waals surface area contributed by atoms with E-state index in [9.17, 15) is 14.4 Å². The van der Waals surface area contributed by atoms with Crippen molar-refractivity contribution in [3.05, 3.63) is 70.6 Å². The average Bonchev–Trinajstić information content (AvgIpc) is 3.67. The number of hydrogen-bond donors (Lipinski definition) is 2. The van der Waals surface area contributed by atoms with Crippen LogP contribution in [0.3, 0.4) is 0 Å². The van der Waals surface area contributed by atoms with Gasteiger partial charge in [0.15, 0.2) is 0 Å². The van der Waals surface area contributed by atoms with Gasteiger partial charge in [0.2, 0.25) is 5.91 Å². The second-order valence-corrected chi connectivity index (χ2v) is 11.2. The van der Waals surface area contributed by atoms with Gasteiger partial charge in [-0.25, -0.2) is 9.97 Å². The Hall–Kier alpha value is -4.99. The van der Waals surface area contributed by atoms with Gasteiger partial charge in [-0.3, -0.25) is 14.4 Å². The molecule has 0 saturated carbocycles. The third-order valence-corrected chi connectivity index (χ3v) is 8.54. The fourth-order valence-corrected chi connectivity index (χ4v) is 6.48. The van der Waals surface area contributed by atoms with Crippen molar-refractivity contribution in [2.75, 3.05) is 13.1 Å². The zero-order chi connectivity index (χ0) is 29.7. The van der Waals surface area contributed by atoms with E-state index in [0.29, 0.717) is 30.5 Å². The molecule has 3 aromatic carbocycles. The van der Waals surface area contributed by atoms with Crippen molar-refractivity contribution in [2.45, 2.75) is 52.1 Å². The third-order valence-electron chi connectivity index (χ3n) is 8.54. The fourth-order valence-electron chi connectivity index (χ4n) is 6.48. The quantitative estimate of drug-likeness (QED) is 0.247. The molecule has 0 bridgehead atoms. The van der Waals surface area contributed by atoms with Gasteiger partial charge >= 0.3 is 5.97 Å². The number of nitrogens with zero attached hydrogens (tertiary/aromatic N) is 5. The summed E-state index contributed by atoms with van der Waals surface area (Å²) in [5.74, 6) is 0.0400. The zero-order valence-electron chi connectivity index (χ0n) is 24.0. The summed E-state index contributed by atoms with van der Waals surface area (Å²) in [5, 5.41) is 11.5. The Bertz CT molecular complexity index is 2120. The van der Waals surface area contributed by atoms with Crippen LogP contribution in [0.15, 0.2) is 59.4 Å². The highest BCUT2D eigenvalue weighted by molar-refractivity contribution is 6.09. The fraction of sp³-hybridized carbons (Fsp3) is 0.303. The van der Waals surface area contributed by atoms with E-state index >= 15 is 0 Å². The molecule has 10 heteroatoms. The zero-order valence-corrected chi connectivity index (χ0v) is 24.0. The monoisotopic (exact) mass is 576 g/mol. The molecular weight excluding hydrogens is 544 g/mol. The van der Waals surface area contributed by atoms with Crippen LogP contribution in [-0.2, 0) is 29.1 Å². The Labute approximate surface area is 246 Å². The number of aromatic nitrogens is 5. The lowest BCUT2D eigenvalue weighted by Gasteiger charge is -2.16. The number of aromatic amines is 1. The molecule has 10 nitrogen and oxygen atoms in total. The van der Waals surface area contributed by atoms with Crippen molar-refractivity contribution in [3.8, 4) is 11.4 Å². The van der Waals surface area contributed by atoms with Crippen LogP contribution in [0.5, 0.6) is 0 Å². The van der Waals surface area contributed by atoms with Gasteiger partial charge < -0.3 is 24.1 Å². The molecule has 1 fully saturated rings. The van der Waals surface area contributed by atoms with Gasteiger partial charge in [-0.05, 0) is 56.2 Å². The lowest BCUT2D eigenvalue weighted by molar-refractivity contribution is -0.137. The highest BCUT2D eigenvalue weighted by Crippen LogP contribution is 2.34. The molecule has 0 aliphatic carbocycles. The number of nitrogens with one attached hydrogen (secondary N) is 1. The summed E-state index contributed by atoms with van der Waals surface area (Å²) in [6, 6.07) is 18.7. The molecule has 6 aromatic rings. The number of carbonyl (C=O) groups is 2. The maximum Gasteiger partial charge on any atom is 0.303 e. The molecule has 4 heterocycles. The number of hydrogen-bond acceptors (Lipinski definition) is 5. The first kappa shape index (κ1) is 26.9. The molecule has 0 atom stereocenters. The van der Waals surface area contributed by atoms with Crippen LogP contribution >= 0.6 is 0 Å². The number of benzene rings is 3. The van der Waals surface area contributed by atoms with Crippen molar-refractivity contribution in [1.29, 1.82) is 0 Å². The summed E-state index contributed by atoms with van der Waals surface area (Å²) >= 11 is 0. The van der Waals surface area contributed by atoms with Crippen LogP contribution in [0, 0.1) is 0 Å². The van der Waals surface area contributed by atoms with Gasteiger partial charge in [0.25, 0.3) is 5.56 Å². The largest absolute Gasteiger partial charge is 0.481 e. The summed E-state index contributed by atoms with van der Waals surface area (Å²) in [4.78, 5) is 50.5. The van der Waals surface area contributed by atoms with E-state index in [1.54, 1.807) is 0 Å². The number of carboxylic acids is 1. The van der Waals surface area contributed by atoms with E-state index in [0.717, 1.165) is 53.7 Å². The number of carboxylic acid groups (broad SMARTS) is 1. The number of H-pyrrole nitrogens is 1. The molecule has 1 saturated heterocycles. The first-order valence-electron chi connectivity index (χ1n) is 14.9. The minimum Gasteiger partial charge on any atom is -0.481 e. The van der Waals surface area contributed by atoms with Gasteiger partial charge in [-0.1, -0.05) is 18.2 Å². The van der Waals surface area contributed by atoms with Gasteiger partial charge in [0, 0.05) is 66.4 Å². The summed E-state index contributed by atoms with van der Waals surface area (Å²) in [6.07, 6.45) is 2.17. The standard InChI is InChI=1S/C33H32N6O4/c1-2-38-27-8-4-3-7-21(27)22-17-20(10-12-28(22)38)32-35-26-18-24-25(34-23(33(43)36-24)11-13-31(41)42)19-29(26)39(32)16-6-15-37-14-5-9-30(37)40/h3-4,7-8,10,12,17-19H,2,5-6,9,11,13-16H2,1H3,(H,36,43)(H,41,42). The van der Waals surface area contributed by atoms with Crippen molar-refractivity contribution in [1.82, 2.24) is 29.0 Å². The molecule has 0 spiro atoms. The van der Waals surface area contributed by atoms with Crippen LogP contribution in [-0.4, -0.2) is 59.1 Å². The molecule has 1 amide bonds. The second kappa shape index (κ2) is 10.7. The highest BCUT2D eigenvalue weighted by atomic mass is 16.4. The molecule has 2 N–H and O–H groups in total. The van der Waals surface area contributed by atoms with Crippen molar-refractivity contribution in [3.63, 3.8) is 0 Å². The van der Waals surface area contributed by atoms with E-state index in [1.165, 1.54) is 16.4 Å². The molecule has 43 heavy (non-hydrogen) atoms. The summed E-state index contributed by atoms with van der Waals surface area (Å²) in [5.41, 5.74) is 5.89. The normalized spacial score (nSPS) is 13.8. The molecule has 218 valence electrons.